The maximum absolute atomic E-state index is 8.79. The van der Waals surface area contributed by atoms with E-state index in [-0.39, 0.29) is 6.61 Å². The van der Waals surface area contributed by atoms with Crippen LogP contribution >= 0.6 is 0 Å². The van der Waals surface area contributed by atoms with Crippen LogP contribution in [-0.4, -0.2) is 52.6 Å². The summed E-state index contributed by atoms with van der Waals surface area (Å²) in [6.45, 7) is 10.4. The lowest BCUT2D eigenvalue weighted by Crippen LogP contribution is -2.27. The molecule has 18 heavy (non-hydrogen) atoms. The van der Waals surface area contributed by atoms with E-state index in [9.17, 15) is 0 Å². The lowest BCUT2D eigenvalue weighted by Gasteiger charge is -2.17. The quantitative estimate of drug-likeness (QED) is 0.603. The van der Waals surface area contributed by atoms with E-state index in [1.165, 1.54) is 12.0 Å². The fourth-order valence-electron chi connectivity index (χ4n) is 1.92. The van der Waals surface area contributed by atoms with Crippen LogP contribution in [0.5, 0.6) is 0 Å². The molecular weight excluding hydrogens is 228 g/mol. The number of hydrogen-bond donors (Lipinski definition) is 2. The summed E-state index contributed by atoms with van der Waals surface area (Å²) in [4.78, 5) is 2.43. The van der Waals surface area contributed by atoms with Crippen molar-refractivity contribution in [1.82, 2.24) is 20.0 Å². The van der Waals surface area contributed by atoms with Crippen LogP contribution in [0.4, 0.5) is 0 Å². The highest BCUT2D eigenvalue weighted by Crippen LogP contribution is 1.97. The molecule has 5 heteroatoms. The third-order valence-electron chi connectivity index (χ3n) is 3.07. The molecule has 0 saturated carbocycles. The molecule has 0 unspecified atom stereocenters. The molecule has 0 spiro atoms. The fourth-order valence-corrected chi connectivity index (χ4v) is 1.92. The second-order valence-corrected chi connectivity index (χ2v) is 4.39. The number of rotatable bonds is 10. The Balaban J connectivity index is 2.09. The van der Waals surface area contributed by atoms with Crippen molar-refractivity contribution in [2.24, 2.45) is 0 Å². The zero-order valence-electron chi connectivity index (χ0n) is 11.6. The van der Waals surface area contributed by atoms with Crippen molar-refractivity contribution in [1.29, 1.82) is 0 Å². The Labute approximate surface area is 110 Å². The van der Waals surface area contributed by atoms with E-state index in [1.807, 2.05) is 12.4 Å². The minimum absolute atomic E-state index is 0.137. The molecule has 1 aromatic heterocycles. The highest BCUT2D eigenvalue weighted by molar-refractivity contribution is 5.03. The first kappa shape index (κ1) is 15.1. The van der Waals surface area contributed by atoms with E-state index >= 15 is 0 Å². The lowest BCUT2D eigenvalue weighted by atomic mass is 10.3. The Kier molecular flexibility index (Phi) is 7.64. The first-order chi connectivity index (χ1) is 8.80. The predicted molar refractivity (Wildman–Crippen MR) is 73.4 cm³/mol. The average molecular weight is 254 g/mol. The molecule has 1 heterocycles. The Morgan fingerprint density at radius 1 is 1.39 bits per heavy atom. The van der Waals surface area contributed by atoms with Gasteiger partial charge in [0, 0.05) is 18.3 Å². The Hall–Kier alpha value is -0.910. The molecule has 5 nitrogen and oxygen atoms in total. The first-order valence-electron chi connectivity index (χ1n) is 6.85. The van der Waals surface area contributed by atoms with Crippen molar-refractivity contribution < 1.29 is 5.11 Å². The van der Waals surface area contributed by atoms with Gasteiger partial charge in [-0.15, -0.1) is 0 Å². The van der Waals surface area contributed by atoms with Gasteiger partial charge in [0.2, 0.25) is 0 Å². The third-order valence-corrected chi connectivity index (χ3v) is 3.07. The minimum atomic E-state index is 0.137. The zero-order chi connectivity index (χ0) is 13.2. The number of nitrogens with one attached hydrogen (secondary N) is 1. The third kappa shape index (κ3) is 5.62. The van der Waals surface area contributed by atoms with Gasteiger partial charge in [-0.2, -0.15) is 5.10 Å². The largest absolute Gasteiger partial charge is 0.394 e. The number of hydrogen-bond acceptors (Lipinski definition) is 4. The molecular formula is C13H26N4O. The topological polar surface area (TPSA) is 53.3 Å². The van der Waals surface area contributed by atoms with Crippen LogP contribution in [0.25, 0.3) is 0 Å². The molecule has 0 atom stereocenters. The van der Waals surface area contributed by atoms with Gasteiger partial charge in [-0.25, -0.2) is 0 Å². The maximum atomic E-state index is 8.79. The van der Waals surface area contributed by atoms with Gasteiger partial charge in [-0.05, 0) is 32.6 Å². The predicted octanol–water partition coefficient (Wildman–Crippen LogP) is 0.697. The smallest absolute Gasteiger partial charge is 0.0640 e. The van der Waals surface area contributed by atoms with Crippen LogP contribution in [-0.2, 0) is 13.1 Å². The van der Waals surface area contributed by atoms with Crippen molar-refractivity contribution in [2.75, 3.05) is 32.8 Å². The Morgan fingerprint density at radius 3 is 2.83 bits per heavy atom. The standard InChI is InChI=1S/C13H26N4O/c1-3-16(4-2)7-5-6-14-10-13-11-15-17(12-13)8-9-18/h11-12,14,18H,3-10H2,1-2H3. The van der Waals surface area contributed by atoms with Crippen LogP contribution < -0.4 is 5.32 Å². The summed E-state index contributed by atoms with van der Waals surface area (Å²) in [5.41, 5.74) is 1.17. The molecule has 0 aliphatic heterocycles. The molecule has 0 radical (unpaired) electrons. The fraction of sp³-hybridized carbons (Fsp3) is 0.769. The van der Waals surface area contributed by atoms with Gasteiger partial charge in [-0.1, -0.05) is 13.8 Å². The number of aliphatic hydroxyl groups is 1. The van der Waals surface area contributed by atoms with Gasteiger partial charge in [0.05, 0.1) is 19.3 Å². The molecule has 0 aliphatic carbocycles. The molecule has 0 aliphatic rings. The molecule has 2 N–H and O–H groups in total. The molecule has 1 rings (SSSR count). The monoisotopic (exact) mass is 254 g/mol. The summed E-state index contributed by atoms with van der Waals surface area (Å²) in [6, 6.07) is 0. The summed E-state index contributed by atoms with van der Waals surface area (Å²) >= 11 is 0. The van der Waals surface area contributed by atoms with Crippen LogP contribution in [0.1, 0.15) is 25.8 Å². The van der Waals surface area contributed by atoms with Crippen molar-refractivity contribution in [3.63, 3.8) is 0 Å². The summed E-state index contributed by atoms with van der Waals surface area (Å²) in [7, 11) is 0. The molecule has 104 valence electrons. The van der Waals surface area contributed by atoms with Crippen LogP contribution in [0.15, 0.2) is 12.4 Å². The molecule has 0 fully saturated rings. The average Bonchev–Trinajstić information content (AvgIpc) is 2.82. The number of aliphatic hydroxyl groups excluding tert-OH is 1. The molecule has 0 amide bonds. The molecule has 0 bridgehead atoms. The van der Waals surface area contributed by atoms with Crippen LogP contribution in [0, 0.1) is 0 Å². The lowest BCUT2D eigenvalue weighted by molar-refractivity contribution is 0.269. The van der Waals surface area contributed by atoms with Gasteiger partial charge < -0.3 is 15.3 Å². The van der Waals surface area contributed by atoms with Crippen molar-refractivity contribution >= 4 is 0 Å². The van der Waals surface area contributed by atoms with E-state index in [2.05, 4.69) is 29.2 Å². The summed E-state index contributed by atoms with van der Waals surface area (Å²) in [5, 5.41) is 16.4. The first-order valence-corrected chi connectivity index (χ1v) is 6.85. The van der Waals surface area contributed by atoms with Crippen LogP contribution in [0.2, 0.25) is 0 Å². The normalized spacial score (nSPS) is 11.3. The zero-order valence-corrected chi connectivity index (χ0v) is 11.6. The maximum Gasteiger partial charge on any atom is 0.0640 e. The summed E-state index contributed by atoms with van der Waals surface area (Å²) in [5.74, 6) is 0. The second kappa shape index (κ2) is 9.08. The number of aromatic nitrogens is 2. The second-order valence-electron chi connectivity index (χ2n) is 4.39. The minimum Gasteiger partial charge on any atom is -0.394 e. The van der Waals surface area contributed by atoms with E-state index in [1.54, 1.807) is 4.68 Å². The molecule has 0 saturated heterocycles. The number of nitrogens with zero attached hydrogens (tertiary/aromatic N) is 3. The van der Waals surface area contributed by atoms with Crippen molar-refractivity contribution in [2.45, 2.75) is 33.4 Å². The van der Waals surface area contributed by atoms with Gasteiger partial charge >= 0.3 is 0 Å². The van der Waals surface area contributed by atoms with Crippen LogP contribution in [0.3, 0.4) is 0 Å². The SMILES string of the molecule is CCN(CC)CCCNCc1cnn(CCO)c1. The van der Waals surface area contributed by atoms with E-state index in [4.69, 9.17) is 5.11 Å². The van der Waals surface area contributed by atoms with Gasteiger partial charge in [0.25, 0.3) is 0 Å². The van der Waals surface area contributed by atoms with Gasteiger partial charge in [0.15, 0.2) is 0 Å². The summed E-state index contributed by atoms with van der Waals surface area (Å²) in [6.07, 6.45) is 5.01. The highest BCUT2D eigenvalue weighted by atomic mass is 16.3. The van der Waals surface area contributed by atoms with E-state index in [0.29, 0.717) is 6.54 Å². The van der Waals surface area contributed by atoms with Crippen molar-refractivity contribution in [3.8, 4) is 0 Å². The Bertz CT molecular complexity index is 310. The van der Waals surface area contributed by atoms with Gasteiger partial charge in [-0.3, -0.25) is 4.68 Å². The molecule has 0 aromatic carbocycles. The summed E-state index contributed by atoms with van der Waals surface area (Å²) < 4.78 is 1.77. The van der Waals surface area contributed by atoms with Crippen molar-refractivity contribution in [3.05, 3.63) is 18.0 Å². The van der Waals surface area contributed by atoms with Gasteiger partial charge in [0.1, 0.15) is 0 Å². The Morgan fingerprint density at radius 2 is 2.17 bits per heavy atom. The van der Waals surface area contributed by atoms with E-state index < -0.39 is 0 Å². The molecule has 1 aromatic rings. The highest BCUT2D eigenvalue weighted by Gasteiger charge is 1.99. The van der Waals surface area contributed by atoms with E-state index in [0.717, 1.165) is 32.7 Å².